The van der Waals surface area contributed by atoms with Crippen LogP contribution >= 0.6 is 0 Å². The first-order valence-electron chi connectivity index (χ1n) is 12.8. The van der Waals surface area contributed by atoms with Gasteiger partial charge in [-0.2, -0.15) is 27.4 Å². The van der Waals surface area contributed by atoms with E-state index in [9.17, 15) is 8.42 Å². The van der Waals surface area contributed by atoms with Gasteiger partial charge in [-0.1, -0.05) is 6.42 Å². The highest BCUT2D eigenvalue weighted by atomic mass is 32.2. The molecule has 0 amide bonds. The van der Waals surface area contributed by atoms with E-state index in [0.29, 0.717) is 24.7 Å². The Labute approximate surface area is 216 Å². The Balaban J connectivity index is 1.28. The summed E-state index contributed by atoms with van der Waals surface area (Å²) in [6.07, 6.45) is 5.99. The molecular formula is C25H31N9O2S. The maximum atomic E-state index is 13.5. The third-order valence-corrected chi connectivity index (χ3v) is 10.0. The van der Waals surface area contributed by atoms with Crippen LogP contribution in [0.4, 0.5) is 17.5 Å². The number of anilines is 3. The van der Waals surface area contributed by atoms with Crippen molar-refractivity contribution in [2.45, 2.75) is 57.2 Å². The Morgan fingerprint density at radius 1 is 1.19 bits per heavy atom. The van der Waals surface area contributed by atoms with Crippen LogP contribution in [0.3, 0.4) is 0 Å². The van der Waals surface area contributed by atoms with Gasteiger partial charge in [0, 0.05) is 67.7 Å². The molecule has 0 unspecified atom stereocenters. The standard InChI is InChI=1S/C25H31N9O2S/c1-16-9-24(31-30-16)28-23-12-22-21(7-4-8-27-22)25(29-23)32(2)20-10-18-5-3-6-19(11-20)34(18)37(35,36)33-14-17(13-26)15-33/h4,7-9,12,17-20H,3,5-6,10-11,14-15H2,1-2H3,(H2,28,29,30,31)/t18-,19+,20-. The number of nitrogens with zero attached hydrogens (tertiary/aromatic N) is 7. The SMILES string of the molecule is Cc1cc(Nc2cc3ncccc3c(N(C)[C@@H]3C[C@H]4CCC[C@@H](C3)N4S(=O)(=O)N3CC(C#N)C3)n2)n[nH]1. The van der Waals surface area contributed by atoms with E-state index >= 15 is 0 Å². The van der Waals surface area contributed by atoms with Gasteiger partial charge in [-0.05, 0) is 44.7 Å². The van der Waals surface area contributed by atoms with E-state index in [2.05, 4.69) is 38.5 Å². The topological polar surface area (TPSA) is 134 Å². The maximum absolute atomic E-state index is 13.5. The summed E-state index contributed by atoms with van der Waals surface area (Å²) in [4.78, 5) is 11.7. The number of hydrogen-bond donors (Lipinski definition) is 2. The molecule has 11 nitrogen and oxygen atoms in total. The molecule has 0 spiro atoms. The zero-order valence-electron chi connectivity index (χ0n) is 21.0. The summed E-state index contributed by atoms with van der Waals surface area (Å²) in [5.41, 5.74) is 1.78. The van der Waals surface area contributed by atoms with Crippen LogP contribution in [0.2, 0.25) is 0 Å². The number of hydrogen-bond acceptors (Lipinski definition) is 8. The summed E-state index contributed by atoms with van der Waals surface area (Å²) in [6, 6.07) is 10.00. The second-order valence-electron chi connectivity index (χ2n) is 10.4. The molecule has 0 aliphatic carbocycles. The molecule has 2 N–H and O–H groups in total. The third-order valence-electron chi connectivity index (χ3n) is 7.93. The van der Waals surface area contributed by atoms with Gasteiger partial charge >= 0.3 is 0 Å². The molecule has 0 aromatic carbocycles. The highest BCUT2D eigenvalue weighted by molar-refractivity contribution is 7.86. The van der Waals surface area contributed by atoms with Crippen molar-refractivity contribution < 1.29 is 8.42 Å². The molecule has 3 fully saturated rings. The normalized spacial score (nSPS) is 24.9. The third kappa shape index (κ3) is 4.31. The summed E-state index contributed by atoms with van der Waals surface area (Å²) >= 11 is 0. The summed E-state index contributed by atoms with van der Waals surface area (Å²) < 4.78 is 30.2. The predicted octanol–water partition coefficient (Wildman–Crippen LogP) is 2.93. The number of H-pyrrole nitrogens is 1. The fourth-order valence-electron chi connectivity index (χ4n) is 6.02. The number of aromatic amines is 1. The molecule has 12 heteroatoms. The molecule has 0 radical (unpaired) electrons. The number of nitriles is 1. The Bertz CT molecular complexity index is 1450. The van der Waals surface area contributed by atoms with Gasteiger partial charge in [0.25, 0.3) is 10.2 Å². The number of piperidine rings is 2. The minimum Gasteiger partial charge on any atom is -0.356 e. The van der Waals surface area contributed by atoms with Gasteiger partial charge in [-0.3, -0.25) is 10.1 Å². The fraction of sp³-hybridized carbons (Fsp3) is 0.520. The van der Waals surface area contributed by atoms with Crippen molar-refractivity contribution in [2.24, 2.45) is 5.92 Å². The number of nitrogens with one attached hydrogen (secondary N) is 2. The summed E-state index contributed by atoms with van der Waals surface area (Å²) in [5, 5.41) is 20.6. The molecule has 37 heavy (non-hydrogen) atoms. The van der Waals surface area contributed by atoms with E-state index in [4.69, 9.17) is 10.2 Å². The lowest BCUT2D eigenvalue weighted by Crippen LogP contribution is -2.64. The van der Waals surface area contributed by atoms with Gasteiger partial charge in [0.05, 0.1) is 17.5 Å². The Hall–Kier alpha value is -3.27. The Morgan fingerprint density at radius 3 is 2.62 bits per heavy atom. The van der Waals surface area contributed by atoms with Crippen molar-refractivity contribution in [3.8, 4) is 6.07 Å². The minimum absolute atomic E-state index is 0.0520. The van der Waals surface area contributed by atoms with E-state index < -0.39 is 10.2 Å². The summed E-state index contributed by atoms with van der Waals surface area (Å²) in [7, 11) is -1.51. The highest BCUT2D eigenvalue weighted by Crippen LogP contribution is 2.41. The van der Waals surface area contributed by atoms with E-state index in [0.717, 1.165) is 54.5 Å². The first-order chi connectivity index (χ1) is 17.8. The van der Waals surface area contributed by atoms with Crippen molar-refractivity contribution in [2.75, 3.05) is 30.4 Å². The number of aryl methyl sites for hydroxylation is 1. The van der Waals surface area contributed by atoms with Gasteiger partial charge in [-0.15, -0.1) is 0 Å². The number of aromatic nitrogens is 4. The van der Waals surface area contributed by atoms with Crippen molar-refractivity contribution in [3.05, 3.63) is 36.2 Å². The minimum atomic E-state index is -3.56. The van der Waals surface area contributed by atoms with Crippen LogP contribution in [-0.4, -0.2) is 75.5 Å². The lowest BCUT2D eigenvalue weighted by Gasteiger charge is -2.52. The molecule has 2 bridgehead atoms. The molecular weight excluding hydrogens is 490 g/mol. The average molecular weight is 522 g/mol. The molecule has 3 saturated heterocycles. The van der Waals surface area contributed by atoms with Gasteiger partial charge in [0.2, 0.25) is 0 Å². The molecule has 6 heterocycles. The first kappa shape index (κ1) is 24.1. The van der Waals surface area contributed by atoms with Crippen LogP contribution < -0.4 is 10.2 Å². The van der Waals surface area contributed by atoms with Crippen LogP contribution in [0.15, 0.2) is 30.5 Å². The molecule has 3 atom stereocenters. The highest BCUT2D eigenvalue weighted by Gasteiger charge is 2.49. The van der Waals surface area contributed by atoms with Crippen LogP contribution in [0.5, 0.6) is 0 Å². The second-order valence-corrected chi connectivity index (χ2v) is 12.3. The molecule has 194 valence electrons. The van der Waals surface area contributed by atoms with Crippen molar-refractivity contribution in [1.29, 1.82) is 5.26 Å². The molecule has 0 saturated carbocycles. The van der Waals surface area contributed by atoms with Crippen LogP contribution in [0, 0.1) is 24.2 Å². The number of rotatable bonds is 6. The molecule has 3 aliphatic rings. The quantitative estimate of drug-likeness (QED) is 0.506. The summed E-state index contributed by atoms with van der Waals surface area (Å²) in [5.74, 6) is 1.97. The second kappa shape index (κ2) is 9.24. The Morgan fingerprint density at radius 2 is 1.95 bits per heavy atom. The van der Waals surface area contributed by atoms with Gasteiger partial charge in [0.1, 0.15) is 11.6 Å². The van der Waals surface area contributed by atoms with Gasteiger partial charge in [0.15, 0.2) is 5.82 Å². The van der Waals surface area contributed by atoms with Crippen LogP contribution in [0.25, 0.3) is 10.9 Å². The van der Waals surface area contributed by atoms with E-state index in [1.54, 1.807) is 10.5 Å². The van der Waals surface area contributed by atoms with E-state index in [-0.39, 0.29) is 24.0 Å². The number of pyridine rings is 2. The van der Waals surface area contributed by atoms with Crippen molar-refractivity contribution >= 4 is 38.6 Å². The average Bonchev–Trinajstić information content (AvgIpc) is 3.25. The van der Waals surface area contributed by atoms with Gasteiger partial charge < -0.3 is 10.2 Å². The largest absolute Gasteiger partial charge is 0.356 e. The maximum Gasteiger partial charge on any atom is 0.282 e. The molecule has 6 rings (SSSR count). The molecule has 3 aromatic heterocycles. The lowest BCUT2D eigenvalue weighted by molar-refractivity contribution is 0.0932. The summed E-state index contributed by atoms with van der Waals surface area (Å²) in [6.45, 7) is 2.55. The van der Waals surface area contributed by atoms with Crippen molar-refractivity contribution in [3.63, 3.8) is 0 Å². The zero-order valence-corrected chi connectivity index (χ0v) is 21.8. The fourth-order valence-corrected chi connectivity index (χ4v) is 8.16. The monoisotopic (exact) mass is 521 g/mol. The van der Waals surface area contributed by atoms with Crippen LogP contribution in [-0.2, 0) is 10.2 Å². The van der Waals surface area contributed by atoms with Gasteiger partial charge in [-0.25, -0.2) is 4.98 Å². The smallest absolute Gasteiger partial charge is 0.282 e. The molecule has 3 aliphatic heterocycles. The van der Waals surface area contributed by atoms with Crippen LogP contribution in [0.1, 0.15) is 37.8 Å². The predicted molar refractivity (Wildman–Crippen MR) is 140 cm³/mol. The lowest BCUT2D eigenvalue weighted by atomic mass is 9.83. The first-order valence-corrected chi connectivity index (χ1v) is 14.2. The zero-order chi connectivity index (χ0) is 25.7. The number of fused-ring (bicyclic) bond motifs is 3. The van der Waals surface area contributed by atoms with Crippen molar-refractivity contribution in [1.82, 2.24) is 28.8 Å². The molecule has 3 aromatic rings. The van der Waals surface area contributed by atoms with E-state index in [1.165, 1.54) is 4.31 Å². The Kier molecular flexibility index (Phi) is 6.01. The van der Waals surface area contributed by atoms with E-state index in [1.807, 2.05) is 31.2 Å².